The van der Waals surface area contributed by atoms with E-state index in [0.29, 0.717) is 89.4 Å². The number of ketones is 4. The molecule has 0 aliphatic rings. The van der Waals surface area contributed by atoms with Crippen molar-refractivity contribution in [1.29, 1.82) is 0 Å². The van der Waals surface area contributed by atoms with Gasteiger partial charge in [-0.2, -0.15) is 0 Å². The van der Waals surface area contributed by atoms with Gasteiger partial charge in [0.1, 0.15) is 35.4 Å². The molecule has 16 heteroatoms. The number of Topliss-reactive ketones (excluding diaryl/α,β-unsaturated/α-hetero) is 4. The Balaban J connectivity index is 0.000000159. The monoisotopic (exact) mass is 1260 g/mol. The van der Waals surface area contributed by atoms with Crippen LogP contribution in [0.25, 0.3) is 65.2 Å². The standard InChI is InChI=1S/C16H16O4.C15H14N2O2.C14H13BrO2.C14H14O3.C14H14O2/c1-3-19-15-9-8-12-6-4-5-7-13(12)16(15)14(18)10-20-11(2)17;1-2-18-12-8-7-10-5-3-4-6-11(10)14(12)13-9-17-15(16)19-13;2*1-2-17-13-8-7-10-5-3-4-6-11(10)14(13)12(16)9-15;1-3-16-13-9-8-11-6-4-5-7-12(11)14(13)10(2)15/h4-9H,3,10H2,1-2H3;3-9H,2H2,1H3,(H2,16,17);3-8H,2,9H2,1H3;3-8,15H,2,9H2,1H3;4-9H,3H2,1-2H3. The van der Waals surface area contributed by atoms with E-state index in [-0.39, 0.29) is 35.8 Å². The summed E-state index contributed by atoms with van der Waals surface area (Å²) in [5.41, 5.74) is 8.74. The second-order valence-electron chi connectivity index (χ2n) is 19.4. The maximum atomic E-state index is 12.3. The second-order valence-corrected chi connectivity index (χ2v) is 20.0. The lowest BCUT2D eigenvalue weighted by molar-refractivity contribution is -0.139. The molecule has 0 amide bonds. The number of aliphatic hydroxyl groups is 1. The fourth-order valence-electron chi connectivity index (χ4n) is 9.91. The van der Waals surface area contributed by atoms with Crippen LogP contribution in [0.5, 0.6) is 28.7 Å². The Kier molecular flexibility index (Phi) is 24.9. The van der Waals surface area contributed by atoms with Crippen molar-refractivity contribution in [2.24, 2.45) is 0 Å². The molecule has 0 unspecified atom stereocenters. The molecule has 10 aromatic carbocycles. The highest BCUT2D eigenvalue weighted by Gasteiger charge is 2.20. The molecule has 15 nitrogen and oxygen atoms in total. The summed E-state index contributed by atoms with van der Waals surface area (Å²) in [5, 5.41) is 19.1. The zero-order chi connectivity index (χ0) is 63.8. The van der Waals surface area contributed by atoms with E-state index in [0.717, 1.165) is 65.2 Å². The van der Waals surface area contributed by atoms with Gasteiger partial charge in [-0.3, -0.25) is 24.0 Å². The van der Waals surface area contributed by atoms with E-state index >= 15 is 0 Å². The first-order valence-electron chi connectivity index (χ1n) is 29.1. The van der Waals surface area contributed by atoms with Crippen molar-refractivity contribution in [3.05, 3.63) is 210 Å². The number of hydrogen-bond acceptors (Lipinski definition) is 15. The van der Waals surface area contributed by atoms with Gasteiger partial charge in [0.05, 0.1) is 72.4 Å². The van der Waals surface area contributed by atoms with Crippen LogP contribution in [-0.2, 0) is 9.53 Å². The largest absolute Gasteiger partial charge is 0.493 e. The fourth-order valence-corrected chi connectivity index (χ4v) is 10.2. The van der Waals surface area contributed by atoms with Crippen molar-refractivity contribution in [3.63, 3.8) is 0 Å². The quantitative estimate of drug-likeness (QED) is 0.0438. The van der Waals surface area contributed by atoms with Gasteiger partial charge in [0.25, 0.3) is 6.01 Å². The fraction of sp³-hybridized carbons (Fsp3) is 0.205. The van der Waals surface area contributed by atoms with Crippen LogP contribution in [0.15, 0.2) is 193 Å². The van der Waals surface area contributed by atoms with Gasteiger partial charge in [0.2, 0.25) is 5.78 Å². The predicted molar refractivity (Wildman–Crippen MR) is 356 cm³/mol. The highest BCUT2D eigenvalue weighted by atomic mass is 79.9. The summed E-state index contributed by atoms with van der Waals surface area (Å²) in [5.74, 6) is 2.82. The lowest BCUT2D eigenvalue weighted by Crippen LogP contribution is -2.14. The highest BCUT2D eigenvalue weighted by molar-refractivity contribution is 9.09. The molecule has 0 aliphatic carbocycles. The summed E-state index contributed by atoms with van der Waals surface area (Å²) in [7, 11) is 0. The van der Waals surface area contributed by atoms with Crippen LogP contribution in [0, 0.1) is 0 Å². The second kappa shape index (κ2) is 33.3. The van der Waals surface area contributed by atoms with E-state index < -0.39 is 12.6 Å². The van der Waals surface area contributed by atoms with Crippen LogP contribution < -0.4 is 29.4 Å². The van der Waals surface area contributed by atoms with Crippen molar-refractivity contribution >= 4 is 105 Å². The van der Waals surface area contributed by atoms with Gasteiger partial charge in [-0.1, -0.05) is 168 Å². The molecule has 1 heterocycles. The highest BCUT2D eigenvalue weighted by Crippen LogP contribution is 2.38. The third kappa shape index (κ3) is 17.0. The van der Waals surface area contributed by atoms with Gasteiger partial charge in [0, 0.05) is 6.92 Å². The number of hydrogen-bond donors (Lipinski definition) is 2. The molecule has 11 aromatic rings. The number of benzene rings is 10. The average Bonchev–Trinajstić information content (AvgIpc) is 2.21. The molecular formula is C73H71BrN2O13. The number of oxazole rings is 1. The molecule has 0 aliphatic heterocycles. The Morgan fingerprint density at radius 1 is 0.438 bits per heavy atom. The number of alkyl halides is 1. The minimum absolute atomic E-state index is 0.0419. The molecule has 0 bridgehead atoms. The molecule has 11 rings (SSSR count). The van der Waals surface area contributed by atoms with E-state index in [1.54, 1.807) is 25.3 Å². The molecule has 3 N–H and O–H groups in total. The van der Waals surface area contributed by atoms with Crippen molar-refractivity contribution in [3.8, 4) is 40.1 Å². The summed E-state index contributed by atoms with van der Waals surface area (Å²) < 4.78 is 37.9. The molecule has 458 valence electrons. The van der Waals surface area contributed by atoms with Crippen molar-refractivity contribution in [2.75, 3.05) is 57.3 Å². The number of fused-ring (bicyclic) bond motifs is 5. The summed E-state index contributed by atoms with van der Waals surface area (Å²) in [6.07, 6.45) is 1.62. The summed E-state index contributed by atoms with van der Waals surface area (Å²) in [6, 6.07) is 58.1. The molecule has 1 aromatic heterocycles. The van der Waals surface area contributed by atoms with Gasteiger partial charge in [0.15, 0.2) is 29.7 Å². The maximum absolute atomic E-state index is 12.3. The van der Waals surface area contributed by atoms with Crippen LogP contribution in [0.1, 0.15) is 89.9 Å². The molecule has 0 radical (unpaired) electrons. The number of ether oxygens (including phenoxy) is 6. The zero-order valence-electron chi connectivity index (χ0n) is 50.8. The van der Waals surface area contributed by atoms with Gasteiger partial charge in [-0.25, -0.2) is 4.98 Å². The van der Waals surface area contributed by atoms with E-state index in [2.05, 4.69) is 20.9 Å². The number of carbonyl (C=O) groups excluding carboxylic acids is 5. The Labute approximate surface area is 525 Å². The molecule has 0 spiro atoms. The topological polar surface area (TPSA) is 213 Å². The number of anilines is 1. The van der Waals surface area contributed by atoms with Crippen molar-refractivity contribution in [2.45, 2.75) is 48.5 Å². The first-order valence-corrected chi connectivity index (χ1v) is 30.2. The third-order valence-electron chi connectivity index (χ3n) is 13.6. The molecule has 0 saturated carbocycles. The van der Waals surface area contributed by atoms with E-state index in [1.165, 1.54) is 6.92 Å². The molecule has 0 fully saturated rings. The van der Waals surface area contributed by atoms with Crippen LogP contribution in [0.3, 0.4) is 0 Å². The van der Waals surface area contributed by atoms with Gasteiger partial charge in [-0.15, -0.1) is 0 Å². The molecule has 0 saturated heterocycles. The van der Waals surface area contributed by atoms with Crippen LogP contribution in [-0.4, -0.2) is 90.8 Å². The lowest BCUT2D eigenvalue weighted by atomic mass is 10.0. The number of rotatable bonds is 19. The summed E-state index contributed by atoms with van der Waals surface area (Å²) in [6.45, 7) is 14.2. The molecule has 89 heavy (non-hydrogen) atoms. The van der Waals surface area contributed by atoms with Gasteiger partial charge < -0.3 is 43.7 Å². The maximum Gasteiger partial charge on any atom is 0.303 e. The molecular weight excluding hydrogens is 1190 g/mol. The summed E-state index contributed by atoms with van der Waals surface area (Å²) in [4.78, 5) is 62.6. The van der Waals surface area contributed by atoms with Crippen molar-refractivity contribution in [1.82, 2.24) is 4.98 Å². The average molecular weight is 1260 g/mol. The van der Waals surface area contributed by atoms with Crippen LogP contribution >= 0.6 is 15.9 Å². The smallest absolute Gasteiger partial charge is 0.303 e. The van der Waals surface area contributed by atoms with E-state index in [4.69, 9.17) is 43.7 Å². The Hall–Kier alpha value is -9.90. The zero-order valence-corrected chi connectivity index (χ0v) is 52.4. The van der Waals surface area contributed by atoms with E-state index in [9.17, 15) is 24.0 Å². The number of halogens is 1. The Morgan fingerprint density at radius 2 is 0.764 bits per heavy atom. The first-order chi connectivity index (χ1) is 43.2. The SMILES string of the molecule is CCOc1ccc2ccccc2c1-c1cnc(N)o1.CCOc1ccc2ccccc2c1C(=O)CBr.CCOc1ccc2ccccc2c1C(=O)CO.CCOc1ccc2ccccc2c1C(=O)COC(C)=O.CCOc1ccc2ccccc2c1C(C)=O. The lowest BCUT2D eigenvalue weighted by Gasteiger charge is -2.12. The summed E-state index contributed by atoms with van der Waals surface area (Å²) >= 11 is 3.22. The number of aliphatic hydroxyl groups excluding tert-OH is 1. The number of aromatic nitrogens is 1. The number of nitrogens with zero attached hydrogens (tertiary/aromatic N) is 1. The Morgan fingerprint density at radius 3 is 1.11 bits per heavy atom. The molecule has 0 atom stereocenters. The minimum atomic E-state index is -0.506. The van der Waals surface area contributed by atoms with Crippen LogP contribution in [0.4, 0.5) is 6.01 Å². The predicted octanol–water partition coefficient (Wildman–Crippen LogP) is 16.1. The number of carbonyl (C=O) groups is 5. The number of esters is 1. The van der Waals surface area contributed by atoms with Crippen molar-refractivity contribution < 1.29 is 61.9 Å². The van der Waals surface area contributed by atoms with Gasteiger partial charge >= 0.3 is 5.97 Å². The first kappa shape index (κ1) is 66.6. The number of nitrogens with two attached hydrogens (primary N) is 1. The van der Waals surface area contributed by atoms with Gasteiger partial charge in [-0.05, 0) is 126 Å². The minimum Gasteiger partial charge on any atom is -0.493 e. The third-order valence-corrected chi connectivity index (χ3v) is 14.1. The normalized spacial score (nSPS) is 10.5. The van der Waals surface area contributed by atoms with E-state index in [1.807, 2.05) is 204 Å². The number of nitrogen functional groups attached to an aromatic ring is 1. The van der Waals surface area contributed by atoms with Crippen LogP contribution in [0.2, 0.25) is 0 Å². The Bertz CT molecular complexity index is 4150.